The Morgan fingerprint density at radius 1 is 1.45 bits per heavy atom. The molecular formula is C4H3N5O2. The maximum atomic E-state index is 10.1. The molecule has 0 aromatic rings. The largest absolute Gasteiger partial charge is 0.392 e. The van der Waals surface area contributed by atoms with E-state index in [1.165, 1.54) is 18.4 Å². The van der Waals surface area contributed by atoms with E-state index >= 15 is 0 Å². The number of nitro groups is 1. The van der Waals surface area contributed by atoms with Crippen molar-refractivity contribution in [1.29, 1.82) is 0 Å². The molecule has 0 aromatic heterocycles. The average Bonchev–Trinajstić information content (AvgIpc) is 1.84. The molecule has 0 saturated heterocycles. The molecule has 0 spiro atoms. The van der Waals surface area contributed by atoms with Gasteiger partial charge in [0.2, 0.25) is 0 Å². The lowest BCUT2D eigenvalue weighted by Crippen LogP contribution is -2.07. The molecule has 1 heterocycles. The third-order valence-corrected chi connectivity index (χ3v) is 0.824. The van der Waals surface area contributed by atoms with Crippen molar-refractivity contribution in [2.24, 2.45) is 20.6 Å². The van der Waals surface area contributed by atoms with Gasteiger partial charge in [0.05, 0.1) is 11.4 Å². The highest BCUT2D eigenvalue weighted by Crippen LogP contribution is 1.89. The van der Waals surface area contributed by atoms with E-state index < -0.39 is 4.92 Å². The van der Waals surface area contributed by atoms with Gasteiger partial charge in [-0.15, -0.1) is 5.10 Å². The first-order valence-electron chi connectivity index (χ1n) is 2.63. The molecule has 0 radical (unpaired) electrons. The summed E-state index contributed by atoms with van der Waals surface area (Å²) in [7, 11) is 0. The SMILES string of the molecule is O=[N+]([O-])C1=N/N=N\N=C/C=C\1. The molecule has 7 nitrogen and oxygen atoms in total. The van der Waals surface area contributed by atoms with Gasteiger partial charge in [-0.05, 0) is 16.2 Å². The van der Waals surface area contributed by atoms with Gasteiger partial charge >= 0.3 is 5.84 Å². The predicted molar refractivity (Wildman–Crippen MR) is 36.9 cm³/mol. The molecule has 0 unspecified atom stereocenters. The summed E-state index contributed by atoms with van der Waals surface area (Å²) in [6, 6.07) is 0. The summed E-state index contributed by atoms with van der Waals surface area (Å²) >= 11 is 0. The van der Waals surface area contributed by atoms with E-state index in [0.29, 0.717) is 0 Å². The Hall–Kier alpha value is -1.92. The summed E-state index contributed by atoms with van der Waals surface area (Å²) in [6.45, 7) is 0. The minimum Gasteiger partial charge on any atom is -0.358 e. The molecule has 0 saturated carbocycles. The van der Waals surface area contributed by atoms with Crippen LogP contribution in [-0.4, -0.2) is 17.0 Å². The lowest BCUT2D eigenvalue weighted by molar-refractivity contribution is -0.348. The van der Waals surface area contributed by atoms with Crippen molar-refractivity contribution in [2.75, 3.05) is 0 Å². The highest BCUT2D eigenvalue weighted by atomic mass is 16.6. The molecular weight excluding hydrogens is 150 g/mol. The van der Waals surface area contributed by atoms with Gasteiger partial charge in [0.15, 0.2) is 0 Å². The molecule has 0 N–H and O–H groups in total. The van der Waals surface area contributed by atoms with Crippen LogP contribution in [0.15, 0.2) is 32.8 Å². The van der Waals surface area contributed by atoms with Crippen molar-refractivity contribution in [3.63, 3.8) is 0 Å². The van der Waals surface area contributed by atoms with Gasteiger partial charge in [0.25, 0.3) is 0 Å². The van der Waals surface area contributed by atoms with E-state index in [1.807, 2.05) is 0 Å². The van der Waals surface area contributed by atoms with Crippen molar-refractivity contribution in [1.82, 2.24) is 0 Å². The summed E-state index contributed by atoms with van der Waals surface area (Å²) in [5, 5.41) is 22.8. The standard InChI is InChI=1S/C4H3N5O2/c10-9(11)4-2-1-3-5-7-8-6-4/h1-3H/b2-1-,3-1?,4-2?,5-3-,6-4+,7-5?,8-6?,8-7-. The Labute approximate surface area is 61.0 Å². The number of amidine groups is 1. The van der Waals surface area contributed by atoms with Crippen molar-refractivity contribution in [3.05, 3.63) is 22.3 Å². The first kappa shape index (κ1) is 7.19. The molecule has 1 aliphatic rings. The normalized spacial score (nSPS) is 28.9. The zero-order valence-corrected chi connectivity index (χ0v) is 5.28. The van der Waals surface area contributed by atoms with Crippen molar-refractivity contribution >= 4 is 12.1 Å². The van der Waals surface area contributed by atoms with Crippen LogP contribution in [0.2, 0.25) is 0 Å². The molecule has 56 valence electrons. The quantitative estimate of drug-likeness (QED) is 0.376. The Kier molecular flexibility index (Phi) is 2.16. The second kappa shape index (κ2) is 3.30. The highest BCUT2D eigenvalue weighted by molar-refractivity contribution is 5.90. The van der Waals surface area contributed by atoms with Crippen LogP contribution in [0, 0.1) is 10.1 Å². The van der Waals surface area contributed by atoms with Crippen LogP contribution < -0.4 is 0 Å². The lowest BCUT2D eigenvalue weighted by Gasteiger charge is -1.87. The number of hydrogen-bond acceptors (Lipinski definition) is 6. The fourth-order valence-corrected chi connectivity index (χ4v) is 0.417. The lowest BCUT2D eigenvalue weighted by atomic mass is 10.5. The average molecular weight is 153 g/mol. The molecule has 0 aliphatic carbocycles. The second-order valence-electron chi connectivity index (χ2n) is 1.52. The molecule has 11 heavy (non-hydrogen) atoms. The number of allylic oxidation sites excluding steroid dienone is 1. The van der Waals surface area contributed by atoms with Crippen LogP contribution in [0.25, 0.3) is 0 Å². The van der Waals surface area contributed by atoms with Crippen molar-refractivity contribution < 1.29 is 4.92 Å². The van der Waals surface area contributed by atoms with Crippen molar-refractivity contribution in [2.45, 2.75) is 0 Å². The van der Waals surface area contributed by atoms with E-state index in [-0.39, 0.29) is 5.84 Å². The van der Waals surface area contributed by atoms with E-state index in [2.05, 4.69) is 20.6 Å². The van der Waals surface area contributed by atoms with Gasteiger partial charge in [-0.1, -0.05) is 0 Å². The van der Waals surface area contributed by atoms with E-state index in [4.69, 9.17) is 0 Å². The maximum absolute atomic E-state index is 10.1. The molecule has 1 rings (SSSR count). The van der Waals surface area contributed by atoms with E-state index in [1.54, 1.807) is 0 Å². The monoisotopic (exact) mass is 153 g/mol. The molecule has 0 fully saturated rings. The molecule has 7 heteroatoms. The number of rotatable bonds is 0. The maximum Gasteiger partial charge on any atom is 0.392 e. The molecule has 0 atom stereocenters. The van der Waals surface area contributed by atoms with Gasteiger partial charge in [0, 0.05) is 6.08 Å². The summed E-state index contributed by atoms with van der Waals surface area (Å²) in [5.74, 6) is -0.361. The third-order valence-electron chi connectivity index (χ3n) is 0.824. The molecule has 0 bridgehead atoms. The van der Waals surface area contributed by atoms with E-state index in [9.17, 15) is 10.1 Å². The Morgan fingerprint density at radius 2 is 2.27 bits per heavy atom. The van der Waals surface area contributed by atoms with Crippen LogP contribution >= 0.6 is 0 Å². The Bertz CT molecular complexity index is 276. The molecule has 1 aliphatic heterocycles. The van der Waals surface area contributed by atoms with Gasteiger partial charge in [-0.2, -0.15) is 0 Å². The van der Waals surface area contributed by atoms with Gasteiger partial charge in [-0.3, -0.25) is 0 Å². The van der Waals surface area contributed by atoms with Gasteiger partial charge in [0.1, 0.15) is 5.10 Å². The molecule has 0 amide bonds. The summed E-state index contributed by atoms with van der Waals surface area (Å²) in [5.41, 5.74) is 0. The second-order valence-corrected chi connectivity index (χ2v) is 1.52. The zero-order chi connectivity index (χ0) is 8.10. The van der Waals surface area contributed by atoms with Crippen LogP contribution in [0.5, 0.6) is 0 Å². The zero-order valence-electron chi connectivity index (χ0n) is 5.28. The van der Waals surface area contributed by atoms with E-state index in [0.717, 1.165) is 0 Å². The first-order chi connectivity index (χ1) is 5.30. The topological polar surface area (TPSA) is 92.6 Å². The van der Waals surface area contributed by atoms with Crippen LogP contribution in [0.3, 0.4) is 0 Å². The van der Waals surface area contributed by atoms with Crippen LogP contribution in [0.4, 0.5) is 0 Å². The smallest absolute Gasteiger partial charge is 0.358 e. The highest BCUT2D eigenvalue weighted by Gasteiger charge is 2.06. The Morgan fingerprint density at radius 3 is 3.00 bits per heavy atom. The fourth-order valence-electron chi connectivity index (χ4n) is 0.417. The number of hydrogen-bond donors (Lipinski definition) is 0. The summed E-state index contributed by atoms with van der Waals surface area (Å²) in [6.07, 6.45) is 3.82. The fraction of sp³-hybridized carbons (Fsp3) is 0. The van der Waals surface area contributed by atoms with Crippen LogP contribution in [-0.2, 0) is 0 Å². The first-order valence-corrected chi connectivity index (χ1v) is 2.63. The van der Waals surface area contributed by atoms with Gasteiger partial charge < -0.3 is 10.1 Å². The summed E-state index contributed by atoms with van der Waals surface area (Å²) < 4.78 is 0. The van der Waals surface area contributed by atoms with Crippen LogP contribution in [0.1, 0.15) is 0 Å². The Balaban J connectivity index is 2.87. The number of nitrogens with zero attached hydrogens (tertiary/aromatic N) is 5. The predicted octanol–water partition coefficient (Wildman–Crippen LogP) is 0.584. The molecule has 0 aromatic carbocycles. The van der Waals surface area contributed by atoms with Crippen molar-refractivity contribution in [3.8, 4) is 0 Å². The minimum atomic E-state index is -0.658. The minimum absolute atomic E-state index is 0.361. The third kappa shape index (κ3) is 2.05. The summed E-state index contributed by atoms with van der Waals surface area (Å²) in [4.78, 5) is 9.44. The van der Waals surface area contributed by atoms with Gasteiger partial charge in [-0.25, -0.2) is 0 Å².